The summed E-state index contributed by atoms with van der Waals surface area (Å²) in [5, 5.41) is 2.99. The highest BCUT2D eigenvalue weighted by molar-refractivity contribution is 5.23. The minimum Gasteiger partial charge on any atom is -0.490 e. The van der Waals surface area contributed by atoms with Gasteiger partial charge in [-0.3, -0.25) is 0 Å². The van der Waals surface area contributed by atoms with E-state index in [1.54, 1.807) is 18.2 Å². The number of halogens is 1. The van der Waals surface area contributed by atoms with Crippen molar-refractivity contribution in [1.29, 1.82) is 0 Å². The summed E-state index contributed by atoms with van der Waals surface area (Å²) in [5.74, 6) is 0.832. The lowest BCUT2D eigenvalue weighted by atomic mass is 10.2. The van der Waals surface area contributed by atoms with Gasteiger partial charge in [-0.05, 0) is 18.2 Å². The zero-order valence-electron chi connectivity index (χ0n) is 8.24. The summed E-state index contributed by atoms with van der Waals surface area (Å²) in [6, 6.07) is 6.38. The molecule has 0 unspecified atom stereocenters. The Morgan fingerprint density at radius 2 is 2.27 bits per heavy atom. The highest BCUT2D eigenvalue weighted by Crippen LogP contribution is 2.17. The van der Waals surface area contributed by atoms with Crippen molar-refractivity contribution >= 4 is 0 Å². The highest BCUT2D eigenvalue weighted by atomic mass is 19.1. The smallest absolute Gasteiger partial charge is 0.165 e. The number of ether oxygens (including phenoxy) is 1. The fourth-order valence-corrected chi connectivity index (χ4v) is 1.49. The molecule has 0 fully saturated rings. The first kappa shape index (κ1) is 9.83. The summed E-state index contributed by atoms with van der Waals surface area (Å²) in [6.07, 6.45) is 1.89. The van der Waals surface area contributed by atoms with Gasteiger partial charge in [0.25, 0.3) is 0 Å². The molecule has 0 radical (unpaired) electrons. The van der Waals surface area contributed by atoms with Crippen LogP contribution in [0.25, 0.3) is 0 Å². The Balaban J connectivity index is 1.91. The molecular weight excluding hydrogens is 195 g/mol. The van der Waals surface area contributed by atoms with E-state index in [0.717, 1.165) is 6.54 Å². The monoisotopic (exact) mass is 208 g/mol. The van der Waals surface area contributed by atoms with Crippen molar-refractivity contribution in [2.45, 2.75) is 0 Å². The molecule has 4 heteroatoms. The molecule has 80 valence electrons. The molecule has 15 heavy (non-hydrogen) atoms. The summed E-state index contributed by atoms with van der Waals surface area (Å²) in [6.45, 7) is 1.19. The minimum atomic E-state index is -0.333. The molecule has 1 aromatic carbocycles. The van der Waals surface area contributed by atoms with Gasteiger partial charge in [-0.2, -0.15) is 0 Å². The van der Waals surface area contributed by atoms with E-state index in [9.17, 15) is 4.39 Å². The summed E-state index contributed by atoms with van der Waals surface area (Å²) < 4.78 is 18.5. The number of nitrogens with one attached hydrogen (secondary N) is 1. The van der Waals surface area contributed by atoms with Gasteiger partial charge in [0, 0.05) is 12.5 Å². The molecule has 1 aliphatic heterocycles. The third-order valence-electron chi connectivity index (χ3n) is 2.27. The van der Waals surface area contributed by atoms with Gasteiger partial charge in [-0.15, -0.1) is 0 Å². The molecule has 0 spiro atoms. The van der Waals surface area contributed by atoms with E-state index in [-0.39, 0.29) is 17.5 Å². The Kier molecular flexibility index (Phi) is 2.76. The Morgan fingerprint density at radius 3 is 2.93 bits per heavy atom. The van der Waals surface area contributed by atoms with Crippen LogP contribution in [0, 0.1) is 11.7 Å². The van der Waals surface area contributed by atoms with Crippen LogP contribution in [0.5, 0.6) is 5.75 Å². The van der Waals surface area contributed by atoms with Gasteiger partial charge in [0.2, 0.25) is 0 Å². The van der Waals surface area contributed by atoms with Crippen LogP contribution in [0.1, 0.15) is 0 Å². The van der Waals surface area contributed by atoms with Crippen LogP contribution in [-0.2, 0) is 0 Å². The lowest BCUT2D eigenvalue weighted by molar-refractivity contribution is 0.267. The SMILES string of the molecule is NC1=C[C@H](COc2ccccc2F)CN1. The van der Waals surface area contributed by atoms with Gasteiger partial charge >= 0.3 is 0 Å². The second kappa shape index (κ2) is 4.21. The van der Waals surface area contributed by atoms with Gasteiger partial charge < -0.3 is 15.8 Å². The van der Waals surface area contributed by atoms with Crippen LogP contribution < -0.4 is 15.8 Å². The van der Waals surface area contributed by atoms with Crippen LogP contribution in [0.3, 0.4) is 0 Å². The predicted octanol–water partition coefficient (Wildman–Crippen LogP) is 1.22. The lowest BCUT2D eigenvalue weighted by Gasteiger charge is -2.10. The van der Waals surface area contributed by atoms with Gasteiger partial charge in [-0.1, -0.05) is 12.1 Å². The van der Waals surface area contributed by atoms with Crippen molar-refractivity contribution in [3.05, 3.63) is 42.0 Å². The van der Waals surface area contributed by atoms with E-state index in [1.807, 2.05) is 6.08 Å². The first-order valence-corrected chi connectivity index (χ1v) is 4.84. The van der Waals surface area contributed by atoms with Crippen molar-refractivity contribution in [3.63, 3.8) is 0 Å². The van der Waals surface area contributed by atoms with Crippen molar-refractivity contribution < 1.29 is 9.13 Å². The van der Waals surface area contributed by atoms with Crippen LogP contribution in [0.4, 0.5) is 4.39 Å². The topological polar surface area (TPSA) is 47.3 Å². The molecule has 1 heterocycles. The van der Waals surface area contributed by atoms with E-state index in [4.69, 9.17) is 10.5 Å². The number of nitrogens with two attached hydrogens (primary N) is 1. The molecule has 1 aliphatic rings. The summed E-state index contributed by atoms with van der Waals surface area (Å²) in [7, 11) is 0. The molecule has 0 bridgehead atoms. The van der Waals surface area contributed by atoms with E-state index >= 15 is 0 Å². The van der Waals surface area contributed by atoms with Gasteiger partial charge in [0.05, 0.1) is 12.4 Å². The van der Waals surface area contributed by atoms with Crippen molar-refractivity contribution in [3.8, 4) is 5.75 Å². The van der Waals surface area contributed by atoms with Crippen molar-refractivity contribution in [1.82, 2.24) is 5.32 Å². The average molecular weight is 208 g/mol. The number of benzene rings is 1. The standard InChI is InChI=1S/C11H13FN2O/c12-9-3-1-2-4-10(9)15-7-8-5-11(13)14-6-8/h1-5,8,14H,6-7,13H2/t8-/m0/s1. The van der Waals surface area contributed by atoms with Gasteiger partial charge in [0.15, 0.2) is 11.6 Å². The van der Waals surface area contributed by atoms with E-state index in [0.29, 0.717) is 12.4 Å². The molecule has 2 rings (SSSR count). The molecule has 0 amide bonds. The van der Waals surface area contributed by atoms with Crippen molar-refractivity contribution in [2.75, 3.05) is 13.2 Å². The highest BCUT2D eigenvalue weighted by Gasteiger charge is 2.14. The van der Waals surface area contributed by atoms with Crippen LogP contribution in [0.15, 0.2) is 36.2 Å². The third kappa shape index (κ3) is 2.40. The average Bonchev–Trinajstić information content (AvgIpc) is 2.63. The summed E-state index contributed by atoms with van der Waals surface area (Å²) >= 11 is 0. The molecule has 0 aromatic heterocycles. The van der Waals surface area contributed by atoms with Crippen LogP contribution in [0.2, 0.25) is 0 Å². The van der Waals surface area contributed by atoms with E-state index in [1.165, 1.54) is 6.07 Å². The lowest BCUT2D eigenvalue weighted by Crippen LogP contribution is -2.19. The zero-order chi connectivity index (χ0) is 10.7. The quantitative estimate of drug-likeness (QED) is 0.785. The van der Waals surface area contributed by atoms with Gasteiger partial charge in [0.1, 0.15) is 0 Å². The Morgan fingerprint density at radius 1 is 1.47 bits per heavy atom. The molecule has 0 aliphatic carbocycles. The molecule has 1 aromatic rings. The fraction of sp³-hybridized carbons (Fsp3) is 0.273. The predicted molar refractivity (Wildman–Crippen MR) is 55.7 cm³/mol. The normalized spacial score (nSPS) is 19.5. The maximum atomic E-state index is 13.2. The molecular formula is C11H13FN2O. The third-order valence-corrected chi connectivity index (χ3v) is 2.27. The number of hydrogen-bond acceptors (Lipinski definition) is 3. The largest absolute Gasteiger partial charge is 0.490 e. The van der Waals surface area contributed by atoms with Gasteiger partial charge in [-0.25, -0.2) is 4.39 Å². The van der Waals surface area contributed by atoms with Crippen LogP contribution in [-0.4, -0.2) is 13.2 Å². The molecule has 3 N–H and O–H groups in total. The molecule has 3 nitrogen and oxygen atoms in total. The number of hydrogen-bond donors (Lipinski definition) is 2. The number of para-hydroxylation sites is 1. The Hall–Kier alpha value is -1.71. The fourth-order valence-electron chi connectivity index (χ4n) is 1.49. The first-order valence-electron chi connectivity index (χ1n) is 4.84. The van der Waals surface area contributed by atoms with Crippen molar-refractivity contribution in [2.24, 2.45) is 11.7 Å². The second-order valence-corrected chi connectivity index (χ2v) is 3.50. The Labute approximate surface area is 87.7 Å². The first-order chi connectivity index (χ1) is 7.25. The summed E-state index contributed by atoms with van der Waals surface area (Å²) in [5.41, 5.74) is 5.54. The zero-order valence-corrected chi connectivity index (χ0v) is 8.24. The van der Waals surface area contributed by atoms with E-state index in [2.05, 4.69) is 5.32 Å². The van der Waals surface area contributed by atoms with Crippen LogP contribution >= 0.6 is 0 Å². The number of rotatable bonds is 3. The Bertz CT molecular complexity index is 379. The molecule has 1 atom stereocenters. The molecule has 0 saturated carbocycles. The van der Waals surface area contributed by atoms with E-state index < -0.39 is 0 Å². The second-order valence-electron chi connectivity index (χ2n) is 3.50. The summed E-state index contributed by atoms with van der Waals surface area (Å²) in [4.78, 5) is 0. The molecule has 0 saturated heterocycles. The maximum Gasteiger partial charge on any atom is 0.165 e. The maximum absolute atomic E-state index is 13.2. The minimum absolute atomic E-state index is 0.213.